The predicted octanol–water partition coefficient (Wildman–Crippen LogP) is 2.00. The number of likely N-dealkylation sites (N-methyl/N-ethyl adjacent to an activating group) is 1. The van der Waals surface area contributed by atoms with Gasteiger partial charge in [-0.2, -0.15) is 5.26 Å². The van der Waals surface area contributed by atoms with Crippen LogP contribution in [0.15, 0.2) is 41.7 Å². The van der Waals surface area contributed by atoms with Crippen molar-refractivity contribution in [3.05, 3.63) is 41.7 Å². The highest BCUT2D eigenvalue weighted by Gasteiger charge is 2.18. The van der Waals surface area contributed by atoms with Crippen molar-refractivity contribution in [1.29, 1.82) is 5.26 Å². The quantitative estimate of drug-likeness (QED) is 0.467. The van der Waals surface area contributed by atoms with E-state index in [4.69, 9.17) is 5.26 Å². The number of allylic oxidation sites excluding steroid dienone is 1. The van der Waals surface area contributed by atoms with E-state index in [2.05, 4.69) is 0 Å². The highest BCUT2D eigenvalue weighted by atomic mass is 16.3. The number of nitriles is 1. The molecular formula is C12H12N2O2. The van der Waals surface area contributed by atoms with Crippen molar-refractivity contribution in [2.45, 2.75) is 6.92 Å². The summed E-state index contributed by atoms with van der Waals surface area (Å²) in [4.78, 5) is 13.1. The number of nitrogens with zero attached hydrogens (tertiary/aromatic N) is 2. The van der Waals surface area contributed by atoms with Gasteiger partial charge in [0.1, 0.15) is 11.8 Å². The molecule has 16 heavy (non-hydrogen) atoms. The molecule has 1 aromatic rings. The normalized spacial score (nSPS) is 11.3. The van der Waals surface area contributed by atoms with Gasteiger partial charge >= 0.3 is 0 Å². The van der Waals surface area contributed by atoms with E-state index in [1.165, 1.54) is 11.8 Å². The summed E-state index contributed by atoms with van der Waals surface area (Å²) < 4.78 is 0. The highest BCUT2D eigenvalue weighted by Crippen LogP contribution is 2.14. The van der Waals surface area contributed by atoms with Crippen molar-refractivity contribution in [1.82, 2.24) is 0 Å². The van der Waals surface area contributed by atoms with Gasteiger partial charge in [-0.05, 0) is 19.1 Å². The summed E-state index contributed by atoms with van der Waals surface area (Å²) in [5.74, 6) is -0.788. The van der Waals surface area contributed by atoms with E-state index in [0.29, 0.717) is 5.69 Å². The molecule has 4 nitrogen and oxygen atoms in total. The number of rotatable bonds is 2. The first-order valence-electron chi connectivity index (χ1n) is 4.71. The summed E-state index contributed by atoms with van der Waals surface area (Å²) in [7, 11) is 1.55. The summed E-state index contributed by atoms with van der Waals surface area (Å²) in [6, 6.07) is 10.6. The Hall–Kier alpha value is -2.28. The van der Waals surface area contributed by atoms with Crippen LogP contribution >= 0.6 is 0 Å². The zero-order chi connectivity index (χ0) is 12.1. The third kappa shape index (κ3) is 2.39. The number of hydrogen-bond donors (Lipinski definition) is 1. The average Bonchev–Trinajstić information content (AvgIpc) is 2.29. The molecular weight excluding hydrogens is 204 g/mol. The number of hydrogen-bond acceptors (Lipinski definition) is 3. The van der Waals surface area contributed by atoms with Crippen LogP contribution in [0.2, 0.25) is 0 Å². The van der Waals surface area contributed by atoms with Gasteiger partial charge in [0.25, 0.3) is 5.91 Å². The lowest BCUT2D eigenvalue weighted by Gasteiger charge is -2.16. The number of carbonyl (C=O) groups is 1. The van der Waals surface area contributed by atoms with Crippen molar-refractivity contribution >= 4 is 11.6 Å². The second-order valence-electron chi connectivity index (χ2n) is 3.27. The van der Waals surface area contributed by atoms with E-state index in [-0.39, 0.29) is 11.3 Å². The largest absolute Gasteiger partial charge is 0.511 e. The summed E-state index contributed by atoms with van der Waals surface area (Å²) in [5, 5.41) is 17.9. The lowest BCUT2D eigenvalue weighted by molar-refractivity contribution is -0.114. The molecule has 1 rings (SSSR count). The van der Waals surface area contributed by atoms with Gasteiger partial charge < -0.3 is 10.0 Å². The fourth-order valence-corrected chi connectivity index (χ4v) is 1.22. The van der Waals surface area contributed by atoms with Crippen LogP contribution in [-0.4, -0.2) is 18.1 Å². The zero-order valence-electron chi connectivity index (χ0n) is 9.14. The summed E-state index contributed by atoms with van der Waals surface area (Å²) in [5.41, 5.74) is 0.424. The molecule has 0 atom stereocenters. The molecule has 0 spiro atoms. The van der Waals surface area contributed by atoms with Crippen molar-refractivity contribution < 1.29 is 9.90 Å². The van der Waals surface area contributed by atoms with Crippen LogP contribution < -0.4 is 4.90 Å². The Balaban J connectivity index is 3.01. The second-order valence-corrected chi connectivity index (χ2v) is 3.27. The Morgan fingerprint density at radius 2 is 1.94 bits per heavy atom. The third-order valence-electron chi connectivity index (χ3n) is 2.14. The topological polar surface area (TPSA) is 64.3 Å². The van der Waals surface area contributed by atoms with E-state index >= 15 is 0 Å². The number of aliphatic hydroxyl groups excluding tert-OH is 1. The number of carbonyl (C=O) groups excluding carboxylic acids is 1. The highest BCUT2D eigenvalue weighted by molar-refractivity contribution is 6.08. The lowest BCUT2D eigenvalue weighted by Crippen LogP contribution is -2.27. The first-order chi connectivity index (χ1) is 7.57. The van der Waals surface area contributed by atoms with Crippen LogP contribution in [0.4, 0.5) is 5.69 Å². The molecule has 1 aromatic carbocycles. The molecule has 0 aliphatic heterocycles. The van der Waals surface area contributed by atoms with Gasteiger partial charge in [0.05, 0.1) is 0 Å². The van der Waals surface area contributed by atoms with Crippen LogP contribution in [0, 0.1) is 11.3 Å². The van der Waals surface area contributed by atoms with E-state index in [9.17, 15) is 9.90 Å². The Bertz CT molecular complexity index is 454. The third-order valence-corrected chi connectivity index (χ3v) is 2.14. The van der Waals surface area contributed by atoms with Crippen LogP contribution in [0.25, 0.3) is 0 Å². The molecule has 0 aliphatic carbocycles. The second kappa shape index (κ2) is 4.99. The van der Waals surface area contributed by atoms with Crippen LogP contribution in [0.3, 0.4) is 0 Å². The fourth-order valence-electron chi connectivity index (χ4n) is 1.22. The van der Waals surface area contributed by atoms with Gasteiger partial charge in [0.2, 0.25) is 0 Å². The molecule has 0 unspecified atom stereocenters. The summed E-state index contributed by atoms with van der Waals surface area (Å²) in [6.45, 7) is 1.31. The van der Waals surface area contributed by atoms with Crippen molar-refractivity contribution in [2.75, 3.05) is 11.9 Å². The monoisotopic (exact) mass is 216 g/mol. The molecule has 0 aromatic heterocycles. The van der Waals surface area contributed by atoms with Crippen LogP contribution in [-0.2, 0) is 4.79 Å². The smallest absolute Gasteiger partial charge is 0.272 e. The fraction of sp³-hybridized carbons (Fsp3) is 0.167. The number of aliphatic hydroxyl groups is 1. The van der Waals surface area contributed by atoms with Crippen LogP contribution in [0.1, 0.15) is 6.92 Å². The van der Waals surface area contributed by atoms with Crippen molar-refractivity contribution in [3.63, 3.8) is 0 Å². The maximum Gasteiger partial charge on any atom is 0.272 e. The zero-order valence-corrected chi connectivity index (χ0v) is 9.14. The van der Waals surface area contributed by atoms with E-state index < -0.39 is 5.91 Å². The lowest BCUT2D eigenvalue weighted by atomic mass is 10.2. The molecule has 0 bridgehead atoms. The first-order valence-corrected chi connectivity index (χ1v) is 4.71. The van der Waals surface area contributed by atoms with Gasteiger partial charge in [-0.3, -0.25) is 4.79 Å². The number of anilines is 1. The van der Waals surface area contributed by atoms with Crippen molar-refractivity contribution in [2.24, 2.45) is 0 Å². The average molecular weight is 216 g/mol. The van der Waals surface area contributed by atoms with Gasteiger partial charge in [-0.1, -0.05) is 18.2 Å². The van der Waals surface area contributed by atoms with Gasteiger partial charge in [-0.25, -0.2) is 0 Å². The molecule has 0 saturated heterocycles. The van der Waals surface area contributed by atoms with Crippen LogP contribution in [0.5, 0.6) is 0 Å². The van der Waals surface area contributed by atoms with Gasteiger partial charge in [0.15, 0.2) is 5.57 Å². The summed E-state index contributed by atoms with van der Waals surface area (Å²) >= 11 is 0. The maximum atomic E-state index is 11.8. The molecule has 0 heterocycles. The molecule has 0 aliphatic rings. The summed E-state index contributed by atoms with van der Waals surface area (Å²) in [6.07, 6.45) is 0. The van der Waals surface area contributed by atoms with Crippen molar-refractivity contribution in [3.8, 4) is 6.07 Å². The SMILES string of the molecule is C/C(O)=C(\C#N)C(=O)N(C)c1ccccc1. The van der Waals surface area contributed by atoms with E-state index in [1.807, 2.05) is 6.07 Å². The molecule has 0 radical (unpaired) electrons. The number of amides is 1. The van der Waals surface area contributed by atoms with E-state index in [1.54, 1.807) is 37.4 Å². The van der Waals surface area contributed by atoms with E-state index in [0.717, 1.165) is 0 Å². The molecule has 0 saturated carbocycles. The Morgan fingerprint density at radius 1 is 1.38 bits per heavy atom. The number of benzene rings is 1. The Labute approximate surface area is 94.0 Å². The molecule has 4 heteroatoms. The predicted molar refractivity (Wildman–Crippen MR) is 60.8 cm³/mol. The Kier molecular flexibility index (Phi) is 3.67. The molecule has 82 valence electrons. The standard InChI is InChI=1S/C12H12N2O2/c1-9(15)11(8-13)12(16)14(2)10-6-4-3-5-7-10/h3-7,15H,1-2H3/b11-9-. The minimum atomic E-state index is -0.520. The molecule has 1 amide bonds. The maximum absolute atomic E-state index is 11.8. The van der Waals surface area contributed by atoms with Gasteiger partial charge in [0, 0.05) is 12.7 Å². The minimum Gasteiger partial charge on any atom is -0.511 e. The molecule has 1 N–H and O–H groups in total. The Morgan fingerprint density at radius 3 is 2.38 bits per heavy atom. The number of para-hydroxylation sites is 1. The first kappa shape index (κ1) is 11.8. The minimum absolute atomic E-state index is 0.244. The molecule has 0 fully saturated rings. The van der Waals surface area contributed by atoms with Gasteiger partial charge in [-0.15, -0.1) is 0 Å².